The van der Waals surface area contributed by atoms with Crippen LogP contribution in [-0.4, -0.2) is 32.7 Å². The van der Waals surface area contributed by atoms with Crippen LogP contribution in [0.1, 0.15) is 21.6 Å². The molecule has 0 aliphatic rings. The van der Waals surface area contributed by atoms with Crippen molar-refractivity contribution < 1.29 is 13.9 Å². The van der Waals surface area contributed by atoms with E-state index in [4.69, 9.17) is 4.74 Å². The molecule has 1 amide bonds. The maximum absolute atomic E-state index is 13.0. The number of nitrogens with one attached hydrogen (secondary N) is 1. The van der Waals surface area contributed by atoms with Gasteiger partial charge in [-0.05, 0) is 48.9 Å². The molecule has 1 N–H and O–H groups in total. The van der Waals surface area contributed by atoms with E-state index in [1.54, 1.807) is 48.5 Å². The lowest BCUT2D eigenvalue weighted by Crippen LogP contribution is -2.19. The Kier molecular flexibility index (Phi) is 4.90. The minimum atomic E-state index is -0.321. The first kappa shape index (κ1) is 18.5. The molecule has 0 spiro atoms. The van der Waals surface area contributed by atoms with E-state index >= 15 is 0 Å². The zero-order chi connectivity index (χ0) is 20.4. The molecule has 4 aromatic rings. The first-order valence-corrected chi connectivity index (χ1v) is 8.96. The minimum absolute atomic E-state index is 0.255. The largest absolute Gasteiger partial charge is 0.439 e. The molecule has 8 heteroatoms. The summed E-state index contributed by atoms with van der Waals surface area (Å²) in [7, 11) is 1.57. The highest BCUT2D eigenvalue weighted by molar-refractivity contribution is 6.03. The fraction of sp³-hybridized carbons (Fsp3) is 0.143. The molecule has 3 aromatic heterocycles. The Hall–Kier alpha value is -3.81. The van der Waals surface area contributed by atoms with Crippen LogP contribution in [0.2, 0.25) is 0 Å². The van der Waals surface area contributed by atoms with Crippen LogP contribution in [0.3, 0.4) is 0 Å². The number of carbonyl (C=O) groups is 1. The highest BCUT2D eigenvalue weighted by atomic mass is 19.1. The zero-order valence-electron chi connectivity index (χ0n) is 15.9. The smallest absolute Gasteiger partial charge is 0.270 e. The molecule has 0 aliphatic heterocycles. The minimum Gasteiger partial charge on any atom is -0.439 e. The summed E-state index contributed by atoms with van der Waals surface area (Å²) >= 11 is 0. The molecule has 3 heterocycles. The van der Waals surface area contributed by atoms with Gasteiger partial charge in [-0.3, -0.25) is 14.5 Å². The van der Waals surface area contributed by atoms with Crippen LogP contribution in [-0.2, 0) is 6.54 Å². The number of aromatic nitrogens is 4. The lowest BCUT2D eigenvalue weighted by molar-refractivity contribution is 0.0960. The molecule has 1 aromatic carbocycles. The van der Waals surface area contributed by atoms with E-state index in [1.807, 2.05) is 13.0 Å². The Morgan fingerprint density at radius 3 is 2.72 bits per heavy atom. The summed E-state index contributed by atoms with van der Waals surface area (Å²) in [6.07, 6.45) is 5.07. The number of aryl methyl sites for hydroxylation is 1. The van der Waals surface area contributed by atoms with Crippen molar-refractivity contribution in [2.75, 3.05) is 7.05 Å². The van der Waals surface area contributed by atoms with Crippen LogP contribution in [0.25, 0.3) is 10.9 Å². The number of carbonyl (C=O) groups excluding carboxylic acids is 1. The van der Waals surface area contributed by atoms with Gasteiger partial charge in [0.1, 0.15) is 17.3 Å². The molecule has 0 fully saturated rings. The van der Waals surface area contributed by atoms with Gasteiger partial charge in [0.2, 0.25) is 5.88 Å². The summed E-state index contributed by atoms with van der Waals surface area (Å²) < 4.78 is 20.5. The van der Waals surface area contributed by atoms with Crippen molar-refractivity contribution in [3.05, 3.63) is 77.6 Å². The number of hydrogen-bond acceptors (Lipinski definition) is 5. The van der Waals surface area contributed by atoms with E-state index in [0.29, 0.717) is 34.8 Å². The number of nitrogens with zero attached hydrogens (tertiary/aromatic N) is 4. The fourth-order valence-corrected chi connectivity index (χ4v) is 2.99. The molecule has 0 saturated carbocycles. The average molecular weight is 391 g/mol. The molecular weight excluding hydrogens is 373 g/mol. The van der Waals surface area contributed by atoms with Crippen LogP contribution in [0, 0.1) is 12.7 Å². The predicted molar refractivity (Wildman–Crippen MR) is 105 cm³/mol. The summed E-state index contributed by atoms with van der Waals surface area (Å²) in [5, 5.41) is 7.79. The molecule has 0 saturated heterocycles. The number of fused-ring (bicyclic) bond motifs is 1. The monoisotopic (exact) mass is 391 g/mol. The van der Waals surface area contributed by atoms with Crippen molar-refractivity contribution in [3.63, 3.8) is 0 Å². The Balaban J connectivity index is 1.56. The predicted octanol–water partition coefficient (Wildman–Crippen LogP) is 3.47. The van der Waals surface area contributed by atoms with Gasteiger partial charge in [-0.2, -0.15) is 5.10 Å². The number of rotatable bonds is 5. The van der Waals surface area contributed by atoms with Gasteiger partial charge in [0.25, 0.3) is 5.91 Å². The molecule has 0 bridgehead atoms. The maximum atomic E-state index is 13.0. The van der Waals surface area contributed by atoms with Crippen molar-refractivity contribution in [2.24, 2.45) is 0 Å². The molecule has 7 nitrogen and oxygen atoms in total. The van der Waals surface area contributed by atoms with E-state index in [-0.39, 0.29) is 11.7 Å². The highest BCUT2D eigenvalue weighted by Gasteiger charge is 2.13. The Morgan fingerprint density at radius 2 is 2.00 bits per heavy atom. The first-order valence-electron chi connectivity index (χ1n) is 8.96. The summed E-state index contributed by atoms with van der Waals surface area (Å²) in [5.41, 5.74) is 2.81. The lowest BCUT2D eigenvalue weighted by atomic mass is 10.2. The molecule has 0 radical (unpaired) electrons. The highest BCUT2D eigenvalue weighted by Crippen LogP contribution is 2.24. The Morgan fingerprint density at radius 1 is 1.21 bits per heavy atom. The van der Waals surface area contributed by atoms with E-state index < -0.39 is 0 Å². The quantitative estimate of drug-likeness (QED) is 0.563. The molecular formula is C21H18FN5O2. The third-order valence-corrected chi connectivity index (χ3v) is 4.38. The first-order chi connectivity index (χ1) is 14.0. The van der Waals surface area contributed by atoms with E-state index in [2.05, 4.69) is 20.4 Å². The molecule has 4 rings (SSSR count). The van der Waals surface area contributed by atoms with Gasteiger partial charge in [0, 0.05) is 31.2 Å². The standard InChI is InChI=1S/C21H18FN5O2/c1-13-9-14(10-25-21(13)29-16-5-3-15(22)4-6-16)11-27-12-17-18(26-27)7-8-24-19(17)20(28)23-2/h3-10,12H,11H2,1-2H3,(H,23,28). The maximum Gasteiger partial charge on any atom is 0.270 e. The summed E-state index contributed by atoms with van der Waals surface area (Å²) in [4.78, 5) is 20.5. The van der Waals surface area contributed by atoms with E-state index in [0.717, 1.165) is 11.1 Å². The van der Waals surface area contributed by atoms with Crippen LogP contribution >= 0.6 is 0 Å². The molecule has 29 heavy (non-hydrogen) atoms. The van der Waals surface area contributed by atoms with Crippen molar-refractivity contribution in [1.29, 1.82) is 0 Å². The third kappa shape index (κ3) is 3.91. The molecule has 146 valence electrons. The van der Waals surface area contributed by atoms with Crippen LogP contribution in [0.5, 0.6) is 11.6 Å². The second-order valence-electron chi connectivity index (χ2n) is 6.52. The van der Waals surface area contributed by atoms with Crippen LogP contribution in [0.4, 0.5) is 4.39 Å². The third-order valence-electron chi connectivity index (χ3n) is 4.38. The normalized spacial score (nSPS) is 10.9. The molecule has 0 atom stereocenters. The number of benzene rings is 1. The number of ether oxygens (including phenoxy) is 1. The van der Waals surface area contributed by atoms with Crippen molar-refractivity contribution in [3.8, 4) is 11.6 Å². The number of halogens is 1. The summed E-state index contributed by atoms with van der Waals surface area (Å²) in [6.45, 7) is 2.37. The number of pyridine rings is 2. The van der Waals surface area contributed by atoms with Gasteiger partial charge < -0.3 is 10.1 Å². The second-order valence-corrected chi connectivity index (χ2v) is 6.52. The van der Waals surface area contributed by atoms with Crippen LogP contribution < -0.4 is 10.1 Å². The molecule has 0 unspecified atom stereocenters. The lowest BCUT2D eigenvalue weighted by Gasteiger charge is -2.09. The van der Waals surface area contributed by atoms with Crippen molar-refractivity contribution in [1.82, 2.24) is 25.1 Å². The topological polar surface area (TPSA) is 81.9 Å². The van der Waals surface area contributed by atoms with Gasteiger partial charge in [0.15, 0.2) is 0 Å². The number of amides is 1. The Labute approximate surface area is 166 Å². The van der Waals surface area contributed by atoms with Gasteiger partial charge >= 0.3 is 0 Å². The molecule has 0 aliphatic carbocycles. The fourth-order valence-electron chi connectivity index (χ4n) is 2.99. The van der Waals surface area contributed by atoms with Gasteiger partial charge in [-0.1, -0.05) is 0 Å². The zero-order valence-corrected chi connectivity index (χ0v) is 15.9. The van der Waals surface area contributed by atoms with Crippen molar-refractivity contribution in [2.45, 2.75) is 13.5 Å². The van der Waals surface area contributed by atoms with E-state index in [1.165, 1.54) is 12.1 Å². The van der Waals surface area contributed by atoms with Gasteiger partial charge in [0.05, 0.1) is 17.4 Å². The van der Waals surface area contributed by atoms with Gasteiger partial charge in [-0.15, -0.1) is 0 Å². The summed E-state index contributed by atoms with van der Waals surface area (Å²) in [6, 6.07) is 9.50. The SMILES string of the molecule is CNC(=O)c1nccc2nn(Cc3cnc(Oc4ccc(F)cc4)c(C)c3)cc12. The number of hydrogen-bond donors (Lipinski definition) is 1. The van der Waals surface area contributed by atoms with E-state index in [9.17, 15) is 9.18 Å². The Bertz CT molecular complexity index is 1190. The summed E-state index contributed by atoms with van der Waals surface area (Å²) in [5.74, 6) is 0.396. The van der Waals surface area contributed by atoms with Crippen LogP contribution in [0.15, 0.2) is 55.0 Å². The van der Waals surface area contributed by atoms with Gasteiger partial charge in [-0.25, -0.2) is 9.37 Å². The second kappa shape index (κ2) is 7.67. The average Bonchev–Trinajstić information content (AvgIpc) is 3.13. The van der Waals surface area contributed by atoms with Crippen molar-refractivity contribution >= 4 is 16.8 Å².